The Hall–Kier alpha value is -3.04. The number of ether oxygens (including phenoxy) is 3. The summed E-state index contributed by atoms with van der Waals surface area (Å²) in [5, 5.41) is 5.55. The molecule has 0 radical (unpaired) electrons. The molecule has 1 aliphatic rings. The highest BCUT2D eigenvalue weighted by molar-refractivity contribution is 6.04. The molecule has 2 aromatic rings. The molecule has 2 heterocycles. The second kappa shape index (κ2) is 9.25. The molecule has 0 bridgehead atoms. The first kappa shape index (κ1) is 19.7. The van der Waals surface area contributed by atoms with Gasteiger partial charge in [0.2, 0.25) is 5.91 Å². The number of carbonyl (C=O) groups is 2. The third kappa shape index (κ3) is 4.81. The van der Waals surface area contributed by atoms with Crippen LogP contribution in [-0.2, 0) is 9.53 Å². The number of rotatable bonds is 7. The number of carbonyl (C=O) groups excluding carboxylic acids is 2. The zero-order valence-corrected chi connectivity index (χ0v) is 15.8. The average molecular weight is 389 g/mol. The monoisotopic (exact) mass is 389 g/mol. The van der Waals surface area contributed by atoms with Gasteiger partial charge in [-0.1, -0.05) is 0 Å². The van der Waals surface area contributed by atoms with Crippen molar-refractivity contribution in [1.82, 2.24) is 4.90 Å². The lowest BCUT2D eigenvalue weighted by atomic mass is 10.2. The maximum atomic E-state index is 12.4. The van der Waals surface area contributed by atoms with Gasteiger partial charge in [-0.2, -0.15) is 0 Å². The van der Waals surface area contributed by atoms with Crippen LogP contribution in [0.1, 0.15) is 10.6 Å². The number of hydrogen-bond acceptors (Lipinski definition) is 7. The van der Waals surface area contributed by atoms with Gasteiger partial charge in [-0.3, -0.25) is 14.5 Å². The Kier molecular flexibility index (Phi) is 6.51. The minimum absolute atomic E-state index is 0.170. The Morgan fingerprint density at radius 1 is 1.07 bits per heavy atom. The van der Waals surface area contributed by atoms with Gasteiger partial charge in [0.25, 0.3) is 5.91 Å². The van der Waals surface area contributed by atoms with Gasteiger partial charge in [0.1, 0.15) is 11.5 Å². The third-order valence-electron chi connectivity index (χ3n) is 4.26. The topological polar surface area (TPSA) is 102 Å². The summed E-state index contributed by atoms with van der Waals surface area (Å²) < 4.78 is 21.1. The van der Waals surface area contributed by atoms with E-state index < -0.39 is 5.91 Å². The molecule has 9 nitrogen and oxygen atoms in total. The number of hydrogen-bond donors (Lipinski definition) is 2. The lowest BCUT2D eigenvalue weighted by Crippen LogP contribution is -2.41. The highest BCUT2D eigenvalue weighted by Gasteiger charge is 2.19. The fourth-order valence-corrected chi connectivity index (χ4v) is 2.84. The predicted molar refractivity (Wildman–Crippen MR) is 102 cm³/mol. The molecule has 1 aromatic carbocycles. The Bertz CT molecular complexity index is 815. The van der Waals surface area contributed by atoms with Crippen LogP contribution in [0.2, 0.25) is 0 Å². The maximum absolute atomic E-state index is 12.4. The van der Waals surface area contributed by atoms with Gasteiger partial charge in [0, 0.05) is 25.2 Å². The second-order valence-electron chi connectivity index (χ2n) is 6.12. The lowest BCUT2D eigenvalue weighted by Gasteiger charge is -2.26. The highest BCUT2D eigenvalue weighted by atomic mass is 16.5. The summed E-state index contributed by atoms with van der Waals surface area (Å²) in [7, 11) is 2.96. The van der Waals surface area contributed by atoms with Crippen molar-refractivity contribution in [3.8, 4) is 11.5 Å². The third-order valence-corrected chi connectivity index (χ3v) is 4.26. The first-order valence-electron chi connectivity index (χ1n) is 8.81. The number of anilines is 2. The Morgan fingerprint density at radius 2 is 1.71 bits per heavy atom. The molecule has 9 heteroatoms. The molecule has 0 unspecified atom stereocenters. The molecular weight excluding hydrogens is 366 g/mol. The lowest BCUT2D eigenvalue weighted by molar-refractivity contribution is -0.118. The first-order valence-corrected chi connectivity index (χ1v) is 8.81. The summed E-state index contributed by atoms with van der Waals surface area (Å²) in [6.07, 6.45) is 1.42. The minimum atomic E-state index is -0.422. The number of amides is 2. The van der Waals surface area contributed by atoms with Crippen LogP contribution in [0, 0.1) is 0 Å². The number of nitrogens with zero attached hydrogens (tertiary/aromatic N) is 1. The average Bonchev–Trinajstić information content (AvgIpc) is 3.24. The molecule has 2 amide bonds. The molecule has 2 N–H and O–H groups in total. The van der Waals surface area contributed by atoms with Gasteiger partial charge in [-0.25, -0.2) is 0 Å². The zero-order valence-electron chi connectivity index (χ0n) is 15.8. The van der Waals surface area contributed by atoms with E-state index in [0.29, 0.717) is 49.2 Å². The van der Waals surface area contributed by atoms with E-state index in [0.717, 1.165) is 0 Å². The molecule has 28 heavy (non-hydrogen) atoms. The van der Waals surface area contributed by atoms with Gasteiger partial charge in [0.15, 0.2) is 5.76 Å². The van der Waals surface area contributed by atoms with Crippen LogP contribution in [0.15, 0.2) is 34.9 Å². The van der Waals surface area contributed by atoms with Crippen LogP contribution < -0.4 is 20.1 Å². The van der Waals surface area contributed by atoms with Gasteiger partial charge < -0.3 is 29.3 Å². The molecule has 0 saturated carbocycles. The normalized spacial score (nSPS) is 14.4. The summed E-state index contributed by atoms with van der Waals surface area (Å²) in [4.78, 5) is 26.6. The molecule has 1 aromatic heterocycles. The SMILES string of the molecule is COc1cc(NC(=O)c2ccco2)c(OC)cc1NC(=O)CN1CCOCC1. The predicted octanol–water partition coefficient (Wildman–Crippen LogP) is 1.82. The van der Waals surface area contributed by atoms with Crippen LogP contribution in [0.4, 0.5) is 11.4 Å². The molecule has 0 atom stereocenters. The van der Waals surface area contributed by atoms with Crippen molar-refractivity contribution in [2.24, 2.45) is 0 Å². The maximum Gasteiger partial charge on any atom is 0.291 e. The summed E-state index contributed by atoms with van der Waals surface area (Å²) in [5.41, 5.74) is 0.848. The molecular formula is C19H23N3O6. The quantitative estimate of drug-likeness (QED) is 0.745. The van der Waals surface area contributed by atoms with Crippen LogP contribution in [-0.4, -0.2) is 63.8 Å². The number of methoxy groups -OCH3 is 2. The summed E-state index contributed by atoms with van der Waals surface area (Å²) in [6, 6.07) is 6.37. The Morgan fingerprint density at radius 3 is 2.29 bits per heavy atom. The first-order chi connectivity index (χ1) is 13.6. The number of furan rings is 1. The van der Waals surface area contributed by atoms with Gasteiger partial charge in [-0.05, 0) is 12.1 Å². The number of benzene rings is 1. The van der Waals surface area contributed by atoms with E-state index >= 15 is 0 Å². The molecule has 1 aliphatic heterocycles. The highest BCUT2D eigenvalue weighted by Crippen LogP contribution is 2.36. The van der Waals surface area contributed by atoms with E-state index in [9.17, 15) is 9.59 Å². The van der Waals surface area contributed by atoms with Crippen LogP contribution in [0.3, 0.4) is 0 Å². The van der Waals surface area contributed by atoms with Crippen molar-refractivity contribution in [1.29, 1.82) is 0 Å². The molecule has 3 rings (SSSR count). The smallest absolute Gasteiger partial charge is 0.291 e. The number of morpholine rings is 1. The largest absolute Gasteiger partial charge is 0.494 e. The van der Waals surface area contributed by atoms with E-state index in [2.05, 4.69) is 10.6 Å². The van der Waals surface area contributed by atoms with E-state index in [1.807, 2.05) is 4.90 Å². The summed E-state index contributed by atoms with van der Waals surface area (Å²) in [6.45, 7) is 2.92. The van der Waals surface area contributed by atoms with E-state index in [1.54, 1.807) is 24.3 Å². The molecule has 0 aliphatic carbocycles. The van der Waals surface area contributed by atoms with Gasteiger partial charge in [-0.15, -0.1) is 0 Å². The van der Waals surface area contributed by atoms with Crippen LogP contribution >= 0.6 is 0 Å². The van der Waals surface area contributed by atoms with Gasteiger partial charge in [0.05, 0.1) is 51.6 Å². The van der Waals surface area contributed by atoms with E-state index in [-0.39, 0.29) is 18.2 Å². The van der Waals surface area contributed by atoms with Crippen molar-refractivity contribution in [2.75, 3.05) is 57.7 Å². The zero-order chi connectivity index (χ0) is 19.9. The Balaban J connectivity index is 1.74. The van der Waals surface area contributed by atoms with Crippen molar-refractivity contribution in [3.63, 3.8) is 0 Å². The van der Waals surface area contributed by atoms with Crippen LogP contribution in [0.25, 0.3) is 0 Å². The fourth-order valence-electron chi connectivity index (χ4n) is 2.84. The van der Waals surface area contributed by atoms with Gasteiger partial charge >= 0.3 is 0 Å². The summed E-state index contributed by atoms with van der Waals surface area (Å²) >= 11 is 0. The molecule has 1 saturated heterocycles. The van der Waals surface area contributed by atoms with E-state index in [1.165, 1.54) is 20.5 Å². The van der Waals surface area contributed by atoms with Crippen molar-refractivity contribution >= 4 is 23.2 Å². The van der Waals surface area contributed by atoms with Crippen molar-refractivity contribution in [2.45, 2.75) is 0 Å². The Labute approximate surface area is 162 Å². The van der Waals surface area contributed by atoms with Crippen LogP contribution in [0.5, 0.6) is 11.5 Å². The molecule has 1 fully saturated rings. The van der Waals surface area contributed by atoms with Crippen molar-refractivity contribution < 1.29 is 28.2 Å². The second-order valence-corrected chi connectivity index (χ2v) is 6.12. The standard InChI is InChI=1S/C19H23N3O6/c1-25-16-11-14(21-19(24)15-4-3-7-28-15)17(26-2)10-13(16)20-18(23)12-22-5-8-27-9-6-22/h3-4,7,10-11H,5-6,8-9,12H2,1-2H3,(H,20,23)(H,21,24). The number of nitrogens with one attached hydrogen (secondary N) is 2. The molecule has 150 valence electrons. The minimum Gasteiger partial charge on any atom is -0.494 e. The fraction of sp³-hybridized carbons (Fsp3) is 0.368. The van der Waals surface area contributed by atoms with E-state index in [4.69, 9.17) is 18.6 Å². The van der Waals surface area contributed by atoms with Crippen molar-refractivity contribution in [3.05, 3.63) is 36.3 Å². The molecule has 0 spiro atoms. The summed E-state index contributed by atoms with van der Waals surface area (Å²) in [5.74, 6) is 0.348.